The third-order valence-corrected chi connectivity index (χ3v) is 6.48. The van der Waals surface area contributed by atoms with Crippen molar-refractivity contribution >= 4 is 11.6 Å². The highest BCUT2D eigenvalue weighted by molar-refractivity contribution is 5.82. The first kappa shape index (κ1) is 23.0. The first-order valence-corrected chi connectivity index (χ1v) is 11.5. The van der Waals surface area contributed by atoms with Crippen LogP contribution in [0.15, 0.2) is 54.6 Å². The van der Waals surface area contributed by atoms with Crippen LogP contribution in [0.25, 0.3) is 0 Å². The van der Waals surface area contributed by atoms with Gasteiger partial charge in [0.2, 0.25) is 5.91 Å². The quantitative estimate of drug-likeness (QED) is 0.506. The molecule has 3 aromatic carbocycles. The van der Waals surface area contributed by atoms with Crippen LogP contribution in [-0.2, 0) is 17.6 Å². The zero-order valence-electron chi connectivity index (χ0n) is 19.5. The van der Waals surface area contributed by atoms with E-state index in [0.717, 1.165) is 40.9 Å². The summed E-state index contributed by atoms with van der Waals surface area (Å²) in [6.07, 6.45) is 2.03. The van der Waals surface area contributed by atoms with Crippen molar-refractivity contribution in [1.29, 1.82) is 0 Å². The van der Waals surface area contributed by atoms with Gasteiger partial charge in [0.15, 0.2) is 0 Å². The van der Waals surface area contributed by atoms with E-state index in [9.17, 15) is 9.18 Å². The molecule has 1 aliphatic heterocycles. The maximum Gasteiger partial charge on any atom is 0.237 e. The Hall–Kier alpha value is -3.18. The van der Waals surface area contributed by atoms with Crippen molar-refractivity contribution in [3.05, 3.63) is 99.4 Å². The number of rotatable bonds is 6. The number of hydrogen-bond acceptors (Lipinski definition) is 3. The molecule has 2 atom stereocenters. The van der Waals surface area contributed by atoms with Crippen molar-refractivity contribution in [2.75, 3.05) is 11.9 Å². The normalized spacial score (nSPS) is 16.0. The van der Waals surface area contributed by atoms with Gasteiger partial charge in [-0.05, 0) is 91.6 Å². The zero-order chi connectivity index (χ0) is 23.5. The zero-order valence-corrected chi connectivity index (χ0v) is 19.5. The van der Waals surface area contributed by atoms with Gasteiger partial charge in [-0.3, -0.25) is 4.79 Å². The van der Waals surface area contributed by atoms with E-state index in [-0.39, 0.29) is 17.8 Å². The molecular formula is C28H32FN3O. The molecule has 1 amide bonds. The van der Waals surface area contributed by atoms with Crippen LogP contribution in [0.4, 0.5) is 10.1 Å². The lowest BCUT2D eigenvalue weighted by Gasteiger charge is -2.29. The van der Waals surface area contributed by atoms with E-state index in [1.807, 2.05) is 0 Å². The molecule has 0 aliphatic carbocycles. The minimum absolute atomic E-state index is 0.0896. The number of fused-ring (bicyclic) bond motifs is 1. The summed E-state index contributed by atoms with van der Waals surface area (Å²) in [7, 11) is 0. The molecule has 172 valence electrons. The average molecular weight is 446 g/mol. The average Bonchev–Trinajstić information content (AvgIpc) is 2.78. The van der Waals surface area contributed by atoms with Crippen molar-refractivity contribution in [3.8, 4) is 0 Å². The Balaban J connectivity index is 1.48. The topological polar surface area (TPSA) is 67.2 Å². The lowest BCUT2D eigenvalue weighted by atomic mass is 9.92. The number of carbonyl (C=O) groups excluding carboxylic acids is 1. The van der Waals surface area contributed by atoms with Crippen LogP contribution >= 0.6 is 0 Å². The van der Waals surface area contributed by atoms with Gasteiger partial charge in [0.25, 0.3) is 0 Å². The number of benzene rings is 3. The molecule has 1 aliphatic rings. The van der Waals surface area contributed by atoms with E-state index < -0.39 is 6.04 Å². The molecule has 33 heavy (non-hydrogen) atoms. The lowest BCUT2D eigenvalue weighted by molar-refractivity contribution is -0.123. The van der Waals surface area contributed by atoms with Gasteiger partial charge in [-0.15, -0.1) is 0 Å². The Morgan fingerprint density at radius 1 is 1.06 bits per heavy atom. The van der Waals surface area contributed by atoms with Gasteiger partial charge < -0.3 is 16.4 Å². The van der Waals surface area contributed by atoms with Crippen LogP contribution in [0.5, 0.6) is 0 Å². The standard InChI is InChI=1S/C28H32FN3O/c1-17-12-18(2)23(19(3)13-17)16-25(30)28(33)32-27-10-11-31-26-9-6-21(15-24(26)27)14-20-4-7-22(29)8-5-20/h4-9,12-13,15,25,27,31H,10-11,14,16,30H2,1-3H3,(H,32,33)/t25-,27+/m0/s1. The number of halogens is 1. The van der Waals surface area contributed by atoms with E-state index in [2.05, 4.69) is 61.7 Å². The van der Waals surface area contributed by atoms with Crippen LogP contribution < -0.4 is 16.4 Å². The van der Waals surface area contributed by atoms with Gasteiger partial charge in [-0.1, -0.05) is 42.0 Å². The van der Waals surface area contributed by atoms with E-state index in [4.69, 9.17) is 5.73 Å². The van der Waals surface area contributed by atoms with Crippen molar-refractivity contribution in [3.63, 3.8) is 0 Å². The van der Waals surface area contributed by atoms with Crippen LogP contribution in [-0.4, -0.2) is 18.5 Å². The third-order valence-electron chi connectivity index (χ3n) is 6.48. The molecule has 4 nitrogen and oxygen atoms in total. The Bertz CT molecular complexity index is 1130. The molecule has 1 heterocycles. The van der Waals surface area contributed by atoms with E-state index in [1.165, 1.54) is 28.8 Å². The van der Waals surface area contributed by atoms with Gasteiger partial charge in [0.05, 0.1) is 12.1 Å². The fourth-order valence-corrected chi connectivity index (χ4v) is 4.79. The van der Waals surface area contributed by atoms with Crippen molar-refractivity contribution in [2.45, 2.75) is 52.1 Å². The minimum atomic E-state index is -0.606. The predicted molar refractivity (Wildman–Crippen MR) is 132 cm³/mol. The molecular weight excluding hydrogens is 413 g/mol. The van der Waals surface area contributed by atoms with Crippen LogP contribution in [0.2, 0.25) is 0 Å². The SMILES string of the molecule is Cc1cc(C)c(C[C@H](N)C(=O)N[C@@H]2CCNc3ccc(Cc4ccc(F)cc4)cc32)c(C)c1. The predicted octanol–water partition coefficient (Wildman–Crippen LogP) is 4.88. The molecule has 0 bridgehead atoms. The second-order valence-electron chi connectivity index (χ2n) is 9.19. The van der Waals surface area contributed by atoms with E-state index in [1.54, 1.807) is 12.1 Å². The second-order valence-corrected chi connectivity index (χ2v) is 9.19. The van der Waals surface area contributed by atoms with Gasteiger partial charge in [0.1, 0.15) is 5.82 Å². The Kier molecular flexibility index (Phi) is 6.80. The molecule has 0 radical (unpaired) electrons. The molecule has 3 aromatic rings. The molecule has 0 fully saturated rings. The molecule has 0 unspecified atom stereocenters. The van der Waals surface area contributed by atoms with Crippen molar-refractivity contribution < 1.29 is 9.18 Å². The second kappa shape index (κ2) is 9.75. The van der Waals surface area contributed by atoms with Crippen LogP contribution in [0.1, 0.15) is 51.4 Å². The Labute approximate surface area is 195 Å². The Morgan fingerprint density at radius 3 is 2.42 bits per heavy atom. The maximum atomic E-state index is 13.2. The van der Waals surface area contributed by atoms with E-state index in [0.29, 0.717) is 12.8 Å². The third kappa shape index (κ3) is 5.42. The van der Waals surface area contributed by atoms with Gasteiger partial charge in [0, 0.05) is 12.2 Å². The lowest BCUT2D eigenvalue weighted by Crippen LogP contribution is -2.44. The molecule has 0 spiro atoms. The summed E-state index contributed by atoms with van der Waals surface area (Å²) in [5.74, 6) is -0.361. The number of nitrogens with two attached hydrogens (primary N) is 1. The van der Waals surface area contributed by atoms with Crippen molar-refractivity contribution in [1.82, 2.24) is 5.32 Å². The van der Waals surface area contributed by atoms with Crippen LogP contribution in [0, 0.1) is 26.6 Å². The fourth-order valence-electron chi connectivity index (χ4n) is 4.79. The molecule has 0 aromatic heterocycles. The monoisotopic (exact) mass is 445 g/mol. The number of hydrogen-bond donors (Lipinski definition) is 3. The summed E-state index contributed by atoms with van der Waals surface area (Å²) in [5, 5.41) is 6.61. The summed E-state index contributed by atoms with van der Waals surface area (Å²) in [4.78, 5) is 13.0. The first-order valence-electron chi connectivity index (χ1n) is 11.5. The largest absolute Gasteiger partial charge is 0.385 e. The summed E-state index contributed by atoms with van der Waals surface area (Å²) >= 11 is 0. The minimum Gasteiger partial charge on any atom is -0.385 e. The molecule has 0 saturated carbocycles. The van der Waals surface area contributed by atoms with Gasteiger partial charge in [-0.2, -0.15) is 0 Å². The summed E-state index contributed by atoms with van der Waals surface area (Å²) in [6, 6.07) is 16.4. The molecule has 4 N–H and O–H groups in total. The molecule has 0 saturated heterocycles. The highest BCUT2D eigenvalue weighted by Crippen LogP contribution is 2.31. The number of nitrogens with one attached hydrogen (secondary N) is 2. The number of amides is 1. The van der Waals surface area contributed by atoms with Gasteiger partial charge in [-0.25, -0.2) is 4.39 Å². The summed E-state index contributed by atoms with van der Waals surface area (Å²) in [5.41, 5.74) is 15.3. The number of anilines is 1. The Morgan fingerprint density at radius 2 is 1.73 bits per heavy atom. The highest BCUT2D eigenvalue weighted by Gasteiger charge is 2.25. The number of aryl methyl sites for hydroxylation is 3. The van der Waals surface area contributed by atoms with E-state index >= 15 is 0 Å². The first-order chi connectivity index (χ1) is 15.8. The van der Waals surface area contributed by atoms with Crippen molar-refractivity contribution in [2.24, 2.45) is 5.73 Å². The summed E-state index contributed by atoms with van der Waals surface area (Å²) in [6.45, 7) is 7.02. The number of carbonyl (C=O) groups is 1. The molecule has 4 rings (SSSR count). The van der Waals surface area contributed by atoms with Gasteiger partial charge >= 0.3 is 0 Å². The fraction of sp³-hybridized carbons (Fsp3) is 0.321. The highest BCUT2D eigenvalue weighted by atomic mass is 19.1. The molecule has 5 heteroatoms. The smallest absolute Gasteiger partial charge is 0.237 e. The van der Waals surface area contributed by atoms with Crippen LogP contribution in [0.3, 0.4) is 0 Å². The maximum absolute atomic E-state index is 13.2. The summed E-state index contributed by atoms with van der Waals surface area (Å²) < 4.78 is 13.2.